The Bertz CT molecular complexity index is 235. The molecular formula is C9H13NO. The van der Waals surface area contributed by atoms with Gasteiger partial charge < -0.3 is 9.73 Å². The van der Waals surface area contributed by atoms with Crippen LogP contribution in [0.2, 0.25) is 0 Å². The van der Waals surface area contributed by atoms with Gasteiger partial charge in [0.15, 0.2) is 0 Å². The molecule has 2 heterocycles. The average molecular weight is 151 g/mol. The van der Waals surface area contributed by atoms with Crippen LogP contribution in [0.1, 0.15) is 30.2 Å². The molecular weight excluding hydrogens is 138 g/mol. The molecule has 2 nitrogen and oxygen atoms in total. The molecule has 1 N–H and O–H groups in total. The zero-order chi connectivity index (χ0) is 7.68. The highest BCUT2D eigenvalue weighted by Crippen LogP contribution is 2.24. The summed E-state index contributed by atoms with van der Waals surface area (Å²) >= 11 is 0. The van der Waals surface area contributed by atoms with Gasteiger partial charge in [-0.1, -0.05) is 0 Å². The second-order valence-electron chi connectivity index (χ2n) is 3.18. The van der Waals surface area contributed by atoms with Crippen molar-refractivity contribution in [2.45, 2.75) is 25.8 Å². The molecule has 1 saturated heterocycles. The molecule has 0 aliphatic carbocycles. The molecule has 2 rings (SSSR count). The molecule has 1 aromatic rings. The van der Waals surface area contributed by atoms with Crippen LogP contribution in [0.4, 0.5) is 0 Å². The predicted molar refractivity (Wildman–Crippen MR) is 43.4 cm³/mol. The third-order valence-corrected chi connectivity index (χ3v) is 2.15. The maximum Gasteiger partial charge on any atom is 0.120 e. The zero-order valence-electron chi connectivity index (χ0n) is 6.76. The lowest BCUT2D eigenvalue weighted by Crippen LogP contribution is -2.11. The van der Waals surface area contributed by atoms with Gasteiger partial charge in [0.25, 0.3) is 0 Å². The van der Waals surface area contributed by atoms with Gasteiger partial charge in [0, 0.05) is 0 Å². The minimum Gasteiger partial charge on any atom is -0.467 e. The first kappa shape index (κ1) is 6.92. The quantitative estimate of drug-likeness (QED) is 0.664. The first-order valence-corrected chi connectivity index (χ1v) is 4.15. The molecule has 1 aliphatic heterocycles. The Labute approximate surface area is 66.6 Å². The lowest BCUT2D eigenvalue weighted by molar-refractivity contribution is 0.445. The van der Waals surface area contributed by atoms with Gasteiger partial charge in [0.05, 0.1) is 12.3 Å². The number of hydrogen-bond acceptors (Lipinski definition) is 2. The van der Waals surface area contributed by atoms with Crippen LogP contribution in [0.25, 0.3) is 0 Å². The Balaban J connectivity index is 2.15. The van der Waals surface area contributed by atoms with Crippen LogP contribution in [0, 0.1) is 6.92 Å². The van der Waals surface area contributed by atoms with E-state index in [1.165, 1.54) is 18.4 Å². The van der Waals surface area contributed by atoms with Gasteiger partial charge >= 0.3 is 0 Å². The van der Waals surface area contributed by atoms with E-state index >= 15 is 0 Å². The van der Waals surface area contributed by atoms with Crippen molar-refractivity contribution in [1.82, 2.24) is 5.32 Å². The summed E-state index contributed by atoms with van der Waals surface area (Å²) in [4.78, 5) is 0. The molecule has 0 amide bonds. The van der Waals surface area contributed by atoms with Crippen LogP contribution in [0.15, 0.2) is 16.7 Å². The Hall–Kier alpha value is -0.760. The summed E-state index contributed by atoms with van der Waals surface area (Å²) < 4.78 is 5.39. The van der Waals surface area contributed by atoms with Crippen molar-refractivity contribution in [2.75, 3.05) is 6.54 Å². The van der Waals surface area contributed by atoms with Crippen molar-refractivity contribution in [1.29, 1.82) is 0 Å². The number of aryl methyl sites for hydroxylation is 1. The fraction of sp³-hybridized carbons (Fsp3) is 0.556. The maximum absolute atomic E-state index is 5.39. The van der Waals surface area contributed by atoms with Crippen LogP contribution in [-0.4, -0.2) is 6.54 Å². The van der Waals surface area contributed by atoms with E-state index in [0.29, 0.717) is 6.04 Å². The van der Waals surface area contributed by atoms with Crippen molar-refractivity contribution in [3.63, 3.8) is 0 Å². The normalized spacial score (nSPS) is 24.3. The molecule has 0 spiro atoms. The molecule has 0 aromatic carbocycles. The number of hydrogen-bond donors (Lipinski definition) is 1. The molecule has 1 aromatic heterocycles. The molecule has 60 valence electrons. The van der Waals surface area contributed by atoms with E-state index in [2.05, 4.69) is 18.3 Å². The minimum absolute atomic E-state index is 0.476. The Morgan fingerprint density at radius 3 is 3.09 bits per heavy atom. The van der Waals surface area contributed by atoms with Crippen molar-refractivity contribution < 1.29 is 4.42 Å². The van der Waals surface area contributed by atoms with Crippen molar-refractivity contribution >= 4 is 0 Å². The van der Waals surface area contributed by atoms with Crippen LogP contribution in [-0.2, 0) is 0 Å². The maximum atomic E-state index is 5.39. The van der Waals surface area contributed by atoms with Crippen molar-refractivity contribution in [3.05, 3.63) is 23.7 Å². The predicted octanol–water partition coefficient (Wildman–Crippen LogP) is 2.01. The smallest absolute Gasteiger partial charge is 0.120 e. The van der Waals surface area contributed by atoms with Crippen LogP contribution < -0.4 is 5.32 Å². The zero-order valence-corrected chi connectivity index (χ0v) is 6.76. The Kier molecular flexibility index (Phi) is 1.70. The Morgan fingerprint density at radius 2 is 2.55 bits per heavy atom. The third kappa shape index (κ3) is 1.31. The molecule has 0 radical (unpaired) electrons. The highest BCUT2D eigenvalue weighted by Gasteiger charge is 2.18. The second-order valence-corrected chi connectivity index (χ2v) is 3.18. The van der Waals surface area contributed by atoms with Gasteiger partial charge in [0.2, 0.25) is 0 Å². The van der Waals surface area contributed by atoms with Gasteiger partial charge in [0.1, 0.15) is 5.76 Å². The van der Waals surface area contributed by atoms with Gasteiger partial charge in [-0.15, -0.1) is 0 Å². The number of furan rings is 1. The lowest BCUT2D eigenvalue weighted by Gasteiger charge is -2.04. The average Bonchev–Trinajstić information content (AvgIpc) is 2.55. The summed E-state index contributed by atoms with van der Waals surface area (Å²) in [6.45, 7) is 3.19. The van der Waals surface area contributed by atoms with E-state index in [0.717, 1.165) is 12.3 Å². The molecule has 11 heavy (non-hydrogen) atoms. The van der Waals surface area contributed by atoms with Gasteiger partial charge in [-0.2, -0.15) is 0 Å². The molecule has 2 heteroatoms. The monoisotopic (exact) mass is 151 g/mol. The highest BCUT2D eigenvalue weighted by molar-refractivity contribution is 5.14. The molecule has 1 unspecified atom stereocenters. The SMILES string of the molecule is Cc1coc(C2CCCN2)c1. The van der Waals surface area contributed by atoms with E-state index in [1.54, 1.807) is 0 Å². The molecule has 1 fully saturated rings. The second kappa shape index (κ2) is 2.70. The fourth-order valence-electron chi connectivity index (χ4n) is 1.56. The summed E-state index contributed by atoms with van der Waals surface area (Å²) in [5, 5.41) is 3.39. The number of rotatable bonds is 1. The van der Waals surface area contributed by atoms with E-state index in [1.807, 2.05) is 6.26 Å². The molecule has 1 aliphatic rings. The first-order valence-electron chi connectivity index (χ1n) is 4.15. The molecule has 1 atom stereocenters. The molecule has 0 saturated carbocycles. The summed E-state index contributed by atoms with van der Waals surface area (Å²) in [5.74, 6) is 1.10. The minimum atomic E-state index is 0.476. The van der Waals surface area contributed by atoms with E-state index in [4.69, 9.17) is 4.42 Å². The van der Waals surface area contributed by atoms with Crippen molar-refractivity contribution in [2.24, 2.45) is 0 Å². The summed E-state index contributed by atoms with van der Waals surface area (Å²) in [6, 6.07) is 2.59. The van der Waals surface area contributed by atoms with Gasteiger partial charge in [-0.3, -0.25) is 0 Å². The number of nitrogens with one attached hydrogen (secondary N) is 1. The van der Waals surface area contributed by atoms with E-state index in [9.17, 15) is 0 Å². The molecule has 0 bridgehead atoms. The van der Waals surface area contributed by atoms with Gasteiger partial charge in [-0.25, -0.2) is 0 Å². The summed E-state index contributed by atoms with van der Waals surface area (Å²) in [7, 11) is 0. The largest absolute Gasteiger partial charge is 0.467 e. The highest BCUT2D eigenvalue weighted by atomic mass is 16.3. The summed E-state index contributed by atoms with van der Waals surface area (Å²) in [5.41, 5.74) is 1.22. The standard InChI is InChI=1S/C9H13NO/c1-7-5-9(11-6-7)8-3-2-4-10-8/h5-6,8,10H,2-4H2,1H3. The topological polar surface area (TPSA) is 25.2 Å². The fourth-order valence-corrected chi connectivity index (χ4v) is 1.56. The van der Waals surface area contributed by atoms with Crippen molar-refractivity contribution in [3.8, 4) is 0 Å². The van der Waals surface area contributed by atoms with Crippen LogP contribution in [0.3, 0.4) is 0 Å². The lowest BCUT2D eigenvalue weighted by atomic mass is 10.2. The third-order valence-electron chi connectivity index (χ3n) is 2.15. The van der Waals surface area contributed by atoms with E-state index < -0.39 is 0 Å². The van der Waals surface area contributed by atoms with E-state index in [-0.39, 0.29) is 0 Å². The van der Waals surface area contributed by atoms with Crippen LogP contribution >= 0.6 is 0 Å². The van der Waals surface area contributed by atoms with Gasteiger partial charge in [-0.05, 0) is 37.9 Å². The Morgan fingerprint density at radius 1 is 1.64 bits per heavy atom. The first-order chi connectivity index (χ1) is 5.36. The summed E-state index contributed by atoms with van der Waals surface area (Å²) in [6.07, 6.45) is 4.30. The van der Waals surface area contributed by atoms with Crippen LogP contribution in [0.5, 0.6) is 0 Å².